The van der Waals surface area contributed by atoms with Gasteiger partial charge in [-0.25, -0.2) is 4.39 Å². The highest BCUT2D eigenvalue weighted by Gasteiger charge is 2.45. The van der Waals surface area contributed by atoms with Crippen molar-refractivity contribution in [3.63, 3.8) is 0 Å². The number of piperidine rings is 1. The fourth-order valence-electron chi connectivity index (χ4n) is 6.97. The number of anilines is 1. The third kappa shape index (κ3) is 4.51. The molecule has 4 aromatic rings. The van der Waals surface area contributed by atoms with Gasteiger partial charge in [-0.05, 0) is 56.6 Å². The fraction of sp³-hybridized carbons (Fsp3) is 0.419. The average molecular weight is 576 g/mol. The van der Waals surface area contributed by atoms with Crippen LogP contribution in [0.25, 0.3) is 32.9 Å². The van der Waals surface area contributed by atoms with E-state index >= 15 is 4.39 Å². The lowest BCUT2D eigenvalue weighted by atomic mass is 9.95. The summed E-state index contributed by atoms with van der Waals surface area (Å²) in [6.45, 7) is 3.23. The van der Waals surface area contributed by atoms with Crippen LogP contribution in [-0.2, 0) is 4.79 Å². The smallest absolute Gasteiger partial charge is 0.319 e. The van der Waals surface area contributed by atoms with Crippen LogP contribution in [0.15, 0.2) is 42.6 Å². The molecule has 3 fully saturated rings. The van der Waals surface area contributed by atoms with Gasteiger partial charge in [0.15, 0.2) is 5.82 Å². The first-order valence-corrected chi connectivity index (χ1v) is 14.7. The number of fused-ring (bicyclic) bond motifs is 3. The van der Waals surface area contributed by atoms with Crippen molar-refractivity contribution in [2.24, 2.45) is 5.92 Å². The molecule has 7 rings (SSSR count). The molecule has 3 aliphatic rings. The fourth-order valence-corrected chi connectivity index (χ4v) is 7.25. The van der Waals surface area contributed by atoms with Crippen molar-refractivity contribution in [3.8, 4) is 17.3 Å². The van der Waals surface area contributed by atoms with Crippen LogP contribution in [0.4, 0.5) is 10.2 Å². The van der Waals surface area contributed by atoms with Crippen LogP contribution < -0.4 is 9.64 Å². The Balaban J connectivity index is 1.34. The number of aldehydes is 1. The Kier molecular flexibility index (Phi) is 6.76. The number of aromatic nitrogens is 3. The summed E-state index contributed by atoms with van der Waals surface area (Å²) >= 11 is 6.56. The topological polar surface area (TPSA) is 91.7 Å². The van der Waals surface area contributed by atoms with Gasteiger partial charge in [0, 0.05) is 41.2 Å². The van der Waals surface area contributed by atoms with E-state index in [0.717, 1.165) is 50.4 Å². The van der Waals surface area contributed by atoms with Gasteiger partial charge in [0.2, 0.25) is 0 Å². The molecule has 212 valence electrons. The van der Waals surface area contributed by atoms with E-state index in [4.69, 9.17) is 21.3 Å². The van der Waals surface area contributed by atoms with Gasteiger partial charge in [-0.3, -0.25) is 9.88 Å². The molecule has 0 radical (unpaired) electrons. The summed E-state index contributed by atoms with van der Waals surface area (Å²) in [5.41, 5.74) is 0.781. The third-order valence-electron chi connectivity index (χ3n) is 9.14. The van der Waals surface area contributed by atoms with Crippen molar-refractivity contribution in [2.75, 3.05) is 37.7 Å². The second-order valence-corrected chi connectivity index (χ2v) is 11.9. The maximum absolute atomic E-state index is 16.5. The molecule has 0 saturated carbocycles. The van der Waals surface area contributed by atoms with E-state index in [1.807, 2.05) is 29.2 Å². The number of ether oxygens (including phenoxy) is 1. The van der Waals surface area contributed by atoms with Gasteiger partial charge >= 0.3 is 6.01 Å². The monoisotopic (exact) mass is 575 g/mol. The first-order valence-electron chi connectivity index (χ1n) is 14.3. The van der Waals surface area contributed by atoms with Crippen molar-refractivity contribution in [2.45, 2.75) is 43.7 Å². The molecular formula is C31H31ClFN5O3. The van der Waals surface area contributed by atoms with Gasteiger partial charge in [-0.1, -0.05) is 41.9 Å². The largest absolute Gasteiger partial charge is 0.461 e. The number of aliphatic hydroxyl groups excluding tert-OH is 1. The number of halogens is 2. The predicted octanol–water partition coefficient (Wildman–Crippen LogP) is 5.03. The van der Waals surface area contributed by atoms with Crippen molar-refractivity contribution < 1.29 is 19.0 Å². The Labute approximate surface area is 242 Å². The summed E-state index contributed by atoms with van der Waals surface area (Å²) < 4.78 is 22.8. The second-order valence-electron chi connectivity index (χ2n) is 11.5. The molecule has 2 atom stereocenters. The van der Waals surface area contributed by atoms with Gasteiger partial charge in [0.1, 0.15) is 29.9 Å². The number of hydrogen-bond donors (Lipinski definition) is 1. The molecular weight excluding hydrogens is 545 g/mol. The zero-order valence-electron chi connectivity index (χ0n) is 22.6. The lowest BCUT2D eigenvalue weighted by Crippen LogP contribution is -2.45. The Morgan fingerprint density at radius 1 is 1.12 bits per heavy atom. The number of carbonyl (C=O) groups excluding carboxylic acids is 1. The number of β-amino-alcohol motifs (C(OH)–C–C–N with tert-alkyl or cyclic N) is 1. The normalized spacial score (nSPS) is 22.4. The Morgan fingerprint density at radius 3 is 2.66 bits per heavy atom. The highest BCUT2D eigenvalue weighted by Crippen LogP contribution is 2.40. The molecule has 1 N–H and O–H groups in total. The first kappa shape index (κ1) is 26.5. The standard InChI is InChI=1S/C31H31ClFN5O3/c32-23-8-2-6-19-5-1-7-21(25(19)23)27-26(33)28-22(15-34-27)29(37-14-9-20(17-39)24(40)16-37)36-30(35-28)41-18-31-10-3-12-38(31)13-4-11-31/h1-2,5-8,15,17,20,24,40H,3-4,9-14,16,18H2/t20-,24-/m0/s1. The molecule has 3 aliphatic heterocycles. The number of pyridine rings is 1. The third-order valence-corrected chi connectivity index (χ3v) is 9.46. The Hall–Kier alpha value is -3.40. The quantitative estimate of drug-likeness (QED) is 0.320. The minimum atomic E-state index is -0.852. The van der Waals surface area contributed by atoms with Crippen LogP contribution in [0.5, 0.6) is 6.01 Å². The van der Waals surface area contributed by atoms with Gasteiger partial charge in [-0.15, -0.1) is 0 Å². The molecule has 3 saturated heterocycles. The summed E-state index contributed by atoms with van der Waals surface area (Å²) in [6, 6.07) is 11.3. The average Bonchev–Trinajstić information content (AvgIpc) is 3.57. The van der Waals surface area contributed by atoms with Crippen LogP contribution in [0.1, 0.15) is 32.1 Å². The molecule has 2 aromatic carbocycles. The highest BCUT2D eigenvalue weighted by molar-refractivity contribution is 6.36. The van der Waals surface area contributed by atoms with Crippen LogP contribution in [0.3, 0.4) is 0 Å². The maximum Gasteiger partial charge on any atom is 0.319 e. The van der Waals surface area contributed by atoms with Crippen molar-refractivity contribution in [1.29, 1.82) is 0 Å². The number of nitrogens with zero attached hydrogens (tertiary/aromatic N) is 5. The molecule has 0 aliphatic carbocycles. The minimum Gasteiger partial charge on any atom is -0.461 e. The molecule has 0 bridgehead atoms. The molecule has 0 amide bonds. The number of carbonyl (C=O) groups is 1. The van der Waals surface area contributed by atoms with E-state index in [0.29, 0.717) is 46.7 Å². The van der Waals surface area contributed by atoms with E-state index in [-0.39, 0.29) is 29.3 Å². The van der Waals surface area contributed by atoms with Crippen LogP contribution in [0, 0.1) is 11.7 Å². The van der Waals surface area contributed by atoms with Gasteiger partial charge in [0.25, 0.3) is 0 Å². The van der Waals surface area contributed by atoms with Crippen LogP contribution in [0.2, 0.25) is 5.02 Å². The van der Waals surface area contributed by atoms with Gasteiger partial charge in [0.05, 0.1) is 17.0 Å². The summed E-state index contributed by atoms with van der Waals surface area (Å²) in [5.74, 6) is -0.592. The SMILES string of the molecule is O=C[C@@H]1CCN(c2nc(OCC34CCCN3CCC4)nc3c(F)c(-c4cccc5cccc(Cl)c45)ncc23)C[C@@H]1O. The zero-order valence-corrected chi connectivity index (χ0v) is 23.4. The number of aliphatic hydroxyl groups is 1. The Morgan fingerprint density at radius 2 is 1.90 bits per heavy atom. The van der Waals surface area contributed by atoms with E-state index in [1.165, 1.54) is 0 Å². The maximum atomic E-state index is 16.5. The molecule has 2 aromatic heterocycles. The summed E-state index contributed by atoms with van der Waals surface area (Å²) in [7, 11) is 0. The van der Waals surface area contributed by atoms with E-state index < -0.39 is 17.8 Å². The predicted molar refractivity (Wildman–Crippen MR) is 156 cm³/mol. The van der Waals surface area contributed by atoms with E-state index in [9.17, 15) is 9.90 Å². The summed E-state index contributed by atoms with van der Waals surface area (Å²) in [4.78, 5) is 29.7. The molecule has 0 unspecified atom stereocenters. The van der Waals surface area contributed by atoms with Gasteiger partial charge in [-0.2, -0.15) is 9.97 Å². The second kappa shape index (κ2) is 10.5. The van der Waals surface area contributed by atoms with Crippen LogP contribution >= 0.6 is 11.6 Å². The van der Waals surface area contributed by atoms with E-state index in [2.05, 4.69) is 14.9 Å². The Bertz CT molecular complexity index is 1640. The van der Waals surface area contributed by atoms with Crippen molar-refractivity contribution in [3.05, 3.63) is 53.4 Å². The minimum absolute atomic E-state index is 0.0291. The van der Waals surface area contributed by atoms with Crippen LogP contribution in [-0.4, -0.2) is 75.7 Å². The molecule has 10 heteroatoms. The molecule has 41 heavy (non-hydrogen) atoms. The number of benzene rings is 2. The first-order chi connectivity index (χ1) is 20.0. The molecule has 5 heterocycles. The highest BCUT2D eigenvalue weighted by atomic mass is 35.5. The lowest BCUT2D eigenvalue weighted by molar-refractivity contribution is -0.114. The zero-order chi connectivity index (χ0) is 28.1. The summed E-state index contributed by atoms with van der Waals surface area (Å²) in [5, 5.41) is 13.1. The van der Waals surface area contributed by atoms with Crippen molar-refractivity contribution >= 4 is 45.4 Å². The summed E-state index contributed by atoms with van der Waals surface area (Å²) in [6.07, 6.45) is 6.37. The van der Waals surface area contributed by atoms with Gasteiger partial charge < -0.3 is 19.5 Å². The van der Waals surface area contributed by atoms with Crippen molar-refractivity contribution in [1.82, 2.24) is 19.9 Å². The number of rotatable bonds is 6. The molecule has 0 spiro atoms. The number of hydrogen-bond acceptors (Lipinski definition) is 8. The van der Waals surface area contributed by atoms with E-state index in [1.54, 1.807) is 18.3 Å². The molecule has 8 nitrogen and oxygen atoms in total. The lowest BCUT2D eigenvalue weighted by Gasteiger charge is -2.35.